The molecule has 0 aliphatic heterocycles. The molecule has 0 aliphatic rings. The van der Waals surface area contributed by atoms with Crippen LogP contribution in [0.25, 0.3) is 0 Å². The summed E-state index contributed by atoms with van der Waals surface area (Å²) in [6.07, 6.45) is 2.49. The summed E-state index contributed by atoms with van der Waals surface area (Å²) in [4.78, 5) is 3.95. The highest BCUT2D eigenvalue weighted by Crippen LogP contribution is 2.25. The number of aliphatic hydroxyl groups is 1. The van der Waals surface area contributed by atoms with E-state index in [2.05, 4.69) is 4.98 Å². The molecule has 1 atom stereocenters. The molecule has 4 heteroatoms. The van der Waals surface area contributed by atoms with Gasteiger partial charge in [-0.05, 0) is 31.4 Å². The summed E-state index contributed by atoms with van der Waals surface area (Å²) in [5.74, 6) is 0.961. The molecule has 3 nitrogen and oxygen atoms in total. The van der Waals surface area contributed by atoms with Crippen molar-refractivity contribution in [3.63, 3.8) is 0 Å². The van der Waals surface area contributed by atoms with Gasteiger partial charge in [0.1, 0.15) is 5.82 Å². The van der Waals surface area contributed by atoms with E-state index in [-0.39, 0.29) is 0 Å². The zero-order valence-electron chi connectivity index (χ0n) is 8.20. The first kappa shape index (κ1) is 11.3. The molecule has 1 unspecified atom stereocenters. The van der Waals surface area contributed by atoms with Gasteiger partial charge in [-0.3, -0.25) is 0 Å². The maximum absolute atomic E-state index is 9.83. The molecule has 0 saturated carbocycles. The van der Waals surface area contributed by atoms with Crippen LogP contribution in [0.1, 0.15) is 30.1 Å². The van der Waals surface area contributed by atoms with Gasteiger partial charge in [0.15, 0.2) is 0 Å². The lowest BCUT2D eigenvalue weighted by atomic mass is 10.0. The summed E-state index contributed by atoms with van der Waals surface area (Å²) in [7, 11) is 0. The van der Waals surface area contributed by atoms with E-state index < -0.39 is 6.10 Å². The zero-order chi connectivity index (χ0) is 10.6. The van der Waals surface area contributed by atoms with Gasteiger partial charge in [-0.2, -0.15) is 0 Å². The normalized spacial score (nSPS) is 12.8. The van der Waals surface area contributed by atoms with Crippen molar-refractivity contribution in [3.8, 4) is 0 Å². The summed E-state index contributed by atoms with van der Waals surface area (Å²) in [5.41, 5.74) is 7.40. The number of halogens is 1. The summed E-state index contributed by atoms with van der Waals surface area (Å²) >= 11 is 5.55. The van der Waals surface area contributed by atoms with Crippen LogP contribution >= 0.6 is 11.6 Å². The van der Waals surface area contributed by atoms with Crippen LogP contribution in [0.3, 0.4) is 0 Å². The number of nitrogens with two attached hydrogens (primary N) is 1. The fourth-order valence-corrected chi connectivity index (χ4v) is 1.59. The molecule has 0 amide bonds. The number of hydrogen-bond acceptors (Lipinski definition) is 3. The van der Waals surface area contributed by atoms with Crippen LogP contribution in [0.15, 0.2) is 12.3 Å². The van der Waals surface area contributed by atoms with Crippen molar-refractivity contribution in [2.24, 2.45) is 0 Å². The summed E-state index contributed by atoms with van der Waals surface area (Å²) in [5, 5.41) is 9.83. The van der Waals surface area contributed by atoms with Gasteiger partial charge in [0.25, 0.3) is 0 Å². The molecule has 1 rings (SSSR count). The Morgan fingerprint density at radius 3 is 2.93 bits per heavy atom. The van der Waals surface area contributed by atoms with Gasteiger partial charge in [0.2, 0.25) is 0 Å². The van der Waals surface area contributed by atoms with Crippen LogP contribution in [0.2, 0.25) is 0 Å². The predicted molar refractivity (Wildman–Crippen MR) is 58.3 cm³/mol. The Morgan fingerprint density at radius 2 is 2.36 bits per heavy atom. The third kappa shape index (κ3) is 2.59. The van der Waals surface area contributed by atoms with Gasteiger partial charge in [-0.25, -0.2) is 4.98 Å². The first-order valence-electron chi connectivity index (χ1n) is 4.61. The highest BCUT2D eigenvalue weighted by Gasteiger charge is 2.13. The minimum Gasteiger partial charge on any atom is -0.388 e. The van der Waals surface area contributed by atoms with Gasteiger partial charge in [0.05, 0.1) is 6.10 Å². The number of hydrogen-bond donors (Lipinski definition) is 2. The number of nitrogens with zero attached hydrogens (tertiary/aromatic N) is 1. The Bertz CT molecular complexity index is 284. The smallest absolute Gasteiger partial charge is 0.129 e. The molecule has 0 aliphatic carbocycles. The van der Waals surface area contributed by atoms with E-state index in [4.69, 9.17) is 17.3 Å². The van der Waals surface area contributed by atoms with E-state index in [0.717, 1.165) is 17.5 Å². The molecule has 0 radical (unpaired) electrons. The molecule has 3 N–H and O–H groups in total. The van der Waals surface area contributed by atoms with Crippen LogP contribution in [-0.2, 0) is 0 Å². The number of aromatic nitrogens is 1. The zero-order valence-corrected chi connectivity index (χ0v) is 8.96. The first-order valence-corrected chi connectivity index (χ1v) is 5.15. The topological polar surface area (TPSA) is 59.1 Å². The fraction of sp³-hybridized carbons (Fsp3) is 0.500. The number of aryl methyl sites for hydroxylation is 1. The van der Waals surface area contributed by atoms with Crippen LogP contribution in [0, 0.1) is 6.92 Å². The van der Waals surface area contributed by atoms with Crippen molar-refractivity contribution in [3.05, 3.63) is 23.4 Å². The molecule has 14 heavy (non-hydrogen) atoms. The van der Waals surface area contributed by atoms with Crippen molar-refractivity contribution < 1.29 is 5.11 Å². The van der Waals surface area contributed by atoms with Crippen LogP contribution in [0.5, 0.6) is 0 Å². The van der Waals surface area contributed by atoms with E-state index in [1.165, 1.54) is 0 Å². The lowest BCUT2D eigenvalue weighted by molar-refractivity contribution is 0.166. The number of rotatable bonds is 4. The van der Waals surface area contributed by atoms with Crippen molar-refractivity contribution in [2.75, 3.05) is 11.6 Å². The molecule has 1 heterocycles. The fourth-order valence-electron chi connectivity index (χ4n) is 1.44. The molecule has 0 spiro atoms. The van der Waals surface area contributed by atoms with Crippen molar-refractivity contribution in [1.29, 1.82) is 0 Å². The van der Waals surface area contributed by atoms with Crippen LogP contribution in [-0.4, -0.2) is 16.0 Å². The van der Waals surface area contributed by atoms with Gasteiger partial charge >= 0.3 is 0 Å². The SMILES string of the molecule is Cc1ccnc(N)c1C(O)CCCCl. The highest BCUT2D eigenvalue weighted by molar-refractivity contribution is 6.17. The van der Waals surface area contributed by atoms with Gasteiger partial charge < -0.3 is 10.8 Å². The molecule has 0 bridgehead atoms. The average Bonchev–Trinajstić information content (AvgIpc) is 2.14. The minimum atomic E-state index is -0.553. The van der Waals surface area contributed by atoms with Crippen molar-refractivity contribution in [1.82, 2.24) is 4.98 Å². The standard InChI is InChI=1S/C10H15ClN2O/c1-7-4-6-13-10(12)9(7)8(14)3-2-5-11/h4,6,8,14H,2-3,5H2,1H3,(H2,12,13). The van der Waals surface area contributed by atoms with E-state index in [1.807, 2.05) is 13.0 Å². The largest absolute Gasteiger partial charge is 0.388 e. The second-order valence-electron chi connectivity index (χ2n) is 3.27. The van der Waals surface area contributed by atoms with E-state index in [9.17, 15) is 5.11 Å². The highest BCUT2D eigenvalue weighted by atomic mass is 35.5. The van der Waals surface area contributed by atoms with E-state index in [0.29, 0.717) is 18.1 Å². The summed E-state index contributed by atoms with van der Waals surface area (Å²) in [6.45, 7) is 1.91. The molecule has 0 aromatic carbocycles. The molecule has 0 fully saturated rings. The number of nitrogen functional groups attached to an aromatic ring is 1. The van der Waals surface area contributed by atoms with Crippen molar-refractivity contribution >= 4 is 17.4 Å². The van der Waals surface area contributed by atoms with Gasteiger partial charge in [-0.1, -0.05) is 0 Å². The predicted octanol–water partition coefficient (Wildman–Crippen LogP) is 2.02. The van der Waals surface area contributed by atoms with Gasteiger partial charge in [-0.15, -0.1) is 11.6 Å². The molecule has 1 aromatic rings. The van der Waals surface area contributed by atoms with E-state index >= 15 is 0 Å². The van der Waals surface area contributed by atoms with Crippen molar-refractivity contribution in [2.45, 2.75) is 25.9 Å². The Labute approximate surface area is 88.9 Å². The lowest BCUT2D eigenvalue weighted by Gasteiger charge is -2.14. The quantitative estimate of drug-likeness (QED) is 0.754. The third-order valence-electron chi connectivity index (χ3n) is 2.18. The Hall–Kier alpha value is -0.800. The maximum Gasteiger partial charge on any atom is 0.129 e. The molecule has 1 aromatic heterocycles. The van der Waals surface area contributed by atoms with E-state index in [1.54, 1.807) is 6.20 Å². The number of alkyl halides is 1. The first-order chi connectivity index (χ1) is 6.66. The number of aliphatic hydroxyl groups excluding tert-OH is 1. The molecule has 0 saturated heterocycles. The third-order valence-corrected chi connectivity index (χ3v) is 2.45. The average molecular weight is 215 g/mol. The Kier molecular flexibility index (Phi) is 4.17. The second kappa shape index (κ2) is 5.17. The minimum absolute atomic E-state index is 0.409. The Balaban J connectivity index is 2.82. The Morgan fingerprint density at radius 1 is 1.64 bits per heavy atom. The van der Waals surface area contributed by atoms with Crippen LogP contribution in [0.4, 0.5) is 5.82 Å². The molecule has 78 valence electrons. The molecular weight excluding hydrogens is 200 g/mol. The molecular formula is C10H15ClN2O. The van der Waals surface area contributed by atoms with Crippen LogP contribution < -0.4 is 5.73 Å². The monoisotopic (exact) mass is 214 g/mol. The maximum atomic E-state index is 9.83. The number of anilines is 1. The lowest BCUT2D eigenvalue weighted by Crippen LogP contribution is -2.06. The summed E-state index contributed by atoms with van der Waals surface area (Å²) in [6, 6.07) is 1.84. The van der Waals surface area contributed by atoms with Gasteiger partial charge in [0, 0.05) is 17.6 Å². The second-order valence-corrected chi connectivity index (χ2v) is 3.65. The number of pyridine rings is 1. The summed E-state index contributed by atoms with van der Waals surface area (Å²) < 4.78 is 0.